The number of unbranched alkanes of at least 4 members (excludes halogenated alkanes) is 1. The van der Waals surface area contributed by atoms with Crippen LogP contribution >= 0.6 is 0 Å². The maximum atomic E-state index is 14.8. The maximum absolute atomic E-state index is 14.8. The van der Waals surface area contributed by atoms with Gasteiger partial charge in [0.15, 0.2) is 11.6 Å². The van der Waals surface area contributed by atoms with Crippen LogP contribution in [-0.2, 0) is 0 Å². The Morgan fingerprint density at radius 3 is 2.72 bits per heavy atom. The largest absolute Gasteiger partial charge is 0.486 e. The van der Waals surface area contributed by atoms with Crippen LogP contribution in [0.15, 0.2) is 43.0 Å². The van der Waals surface area contributed by atoms with Crippen molar-refractivity contribution in [2.45, 2.75) is 70.6 Å². The van der Waals surface area contributed by atoms with Crippen LogP contribution in [0.4, 0.5) is 4.39 Å². The molecule has 1 nitrogen and oxygen atoms in total. The van der Waals surface area contributed by atoms with E-state index in [4.69, 9.17) is 4.74 Å². The zero-order chi connectivity index (χ0) is 20.2. The lowest BCUT2D eigenvalue weighted by Gasteiger charge is -2.42. The fourth-order valence-electron chi connectivity index (χ4n) is 5.85. The number of benzene rings is 2. The highest BCUT2D eigenvalue weighted by Crippen LogP contribution is 2.48. The molecule has 0 amide bonds. The predicted molar refractivity (Wildman–Crippen MR) is 120 cm³/mol. The molecule has 2 aliphatic rings. The van der Waals surface area contributed by atoms with E-state index < -0.39 is 0 Å². The monoisotopic (exact) mass is 394 g/mol. The van der Waals surface area contributed by atoms with E-state index in [0.29, 0.717) is 23.7 Å². The molecule has 0 radical (unpaired) electrons. The Morgan fingerprint density at radius 1 is 1.07 bits per heavy atom. The Balaban J connectivity index is 1.45. The van der Waals surface area contributed by atoms with Crippen molar-refractivity contribution in [3.05, 3.63) is 54.4 Å². The first kappa shape index (κ1) is 20.4. The molecule has 29 heavy (non-hydrogen) atoms. The number of hydrogen-bond acceptors (Lipinski definition) is 1. The number of fused-ring (bicyclic) bond motifs is 2. The van der Waals surface area contributed by atoms with Crippen molar-refractivity contribution in [2.24, 2.45) is 17.8 Å². The zero-order valence-electron chi connectivity index (χ0n) is 17.8. The SMILES string of the molecule is C=CCOc1ccc2cc([C@@H]3CC[C@@H]4CC(CCCC)CCC4C3)ccc2c1F. The van der Waals surface area contributed by atoms with Crippen molar-refractivity contribution < 1.29 is 9.13 Å². The molecule has 0 spiro atoms. The fraction of sp³-hybridized carbons (Fsp3) is 0.556. The number of halogens is 1. The van der Waals surface area contributed by atoms with Gasteiger partial charge in [-0.2, -0.15) is 0 Å². The Hall–Kier alpha value is -1.83. The van der Waals surface area contributed by atoms with Crippen molar-refractivity contribution >= 4 is 10.8 Å². The average molecular weight is 395 g/mol. The quantitative estimate of drug-likeness (QED) is 0.432. The summed E-state index contributed by atoms with van der Waals surface area (Å²) in [6.45, 7) is 6.26. The first-order chi connectivity index (χ1) is 14.2. The minimum Gasteiger partial charge on any atom is -0.486 e. The molecular formula is C27H35FO. The molecule has 2 unspecified atom stereocenters. The van der Waals surface area contributed by atoms with Crippen LogP contribution in [0.25, 0.3) is 10.8 Å². The summed E-state index contributed by atoms with van der Waals surface area (Å²) in [5, 5.41) is 1.64. The summed E-state index contributed by atoms with van der Waals surface area (Å²) in [7, 11) is 0. The van der Waals surface area contributed by atoms with Crippen LogP contribution in [0.3, 0.4) is 0 Å². The molecule has 0 N–H and O–H groups in total. The van der Waals surface area contributed by atoms with Crippen LogP contribution in [0.2, 0.25) is 0 Å². The molecule has 2 heteroatoms. The molecule has 0 aliphatic heterocycles. The van der Waals surface area contributed by atoms with Gasteiger partial charge in [-0.1, -0.05) is 69.5 Å². The van der Waals surface area contributed by atoms with E-state index in [-0.39, 0.29) is 5.82 Å². The smallest absolute Gasteiger partial charge is 0.172 e. The highest BCUT2D eigenvalue weighted by atomic mass is 19.1. The topological polar surface area (TPSA) is 9.23 Å². The van der Waals surface area contributed by atoms with Gasteiger partial charge in [-0.05, 0) is 72.8 Å². The molecule has 0 aromatic heterocycles. The van der Waals surface area contributed by atoms with E-state index in [1.807, 2.05) is 12.1 Å². The standard InChI is InChI=1S/C27H35FO/c1-3-5-6-19-7-8-21-17-22(10-9-20(21)16-19)23-11-13-25-24(18-23)12-14-26(27(25)28)29-15-4-2/h4,11-14,18-22H,2-3,5-10,15-17H2,1H3/t19?,20-,21?,22-/m1/s1. The molecule has 2 aromatic carbocycles. The molecule has 4 rings (SSSR count). The van der Waals surface area contributed by atoms with E-state index >= 15 is 0 Å². The van der Waals surface area contributed by atoms with E-state index in [1.165, 1.54) is 63.4 Å². The van der Waals surface area contributed by atoms with E-state index in [1.54, 1.807) is 12.1 Å². The lowest BCUT2D eigenvalue weighted by atomic mass is 9.63. The Kier molecular flexibility index (Phi) is 6.57. The number of ether oxygens (including phenoxy) is 1. The second-order valence-electron chi connectivity index (χ2n) is 9.31. The van der Waals surface area contributed by atoms with E-state index in [2.05, 4.69) is 25.6 Å². The minimum atomic E-state index is -0.259. The van der Waals surface area contributed by atoms with Gasteiger partial charge < -0.3 is 4.74 Å². The highest BCUT2D eigenvalue weighted by Gasteiger charge is 2.35. The van der Waals surface area contributed by atoms with Gasteiger partial charge in [0.05, 0.1) is 0 Å². The van der Waals surface area contributed by atoms with Crippen LogP contribution < -0.4 is 4.74 Å². The number of rotatable bonds is 7. The molecule has 2 aliphatic carbocycles. The van der Waals surface area contributed by atoms with Gasteiger partial charge in [-0.3, -0.25) is 0 Å². The van der Waals surface area contributed by atoms with Gasteiger partial charge in [0.2, 0.25) is 0 Å². The summed E-state index contributed by atoms with van der Waals surface area (Å²) in [4.78, 5) is 0. The predicted octanol–water partition coefficient (Wildman–Crippen LogP) is 8.03. The third-order valence-corrected chi connectivity index (χ3v) is 7.46. The van der Waals surface area contributed by atoms with Gasteiger partial charge in [-0.25, -0.2) is 4.39 Å². The van der Waals surface area contributed by atoms with Crippen LogP contribution in [0, 0.1) is 23.6 Å². The van der Waals surface area contributed by atoms with Gasteiger partial charge in [0.1, 0.15) is 6.61 Å². The molecule has 2 saturated carbocycles. The van der Waals surface area contributed by atoms with Gasteiger partial charge >= 0.3 is 0 Å². The normalized spacial score (nSPS) is 26.8. The lowest BCUT2D eigenvalue weighted by Crippen LogP contribution is -2.30. The van der Waals surface area contributed by atoms with E-state index in [0.717, 1.165) is 23.1 Å². The Bertz CT molecular complexity index is 842. The summed E-state index contributed by atoms with van der Waals surface area (Å²) < 4.78 is 20.2. The van der Waals surface area contributed by atoms with Gasteiger partial charge in [0.25, 0.3) is 0 Å². The summed E-state index contributed by atoms with van der Waals surface area (Å²) in [6, 6.07) is 10.1. The average Bonchev–Trinajstić information content (AvgIpc) is 2.76. The molecule has 2 fully saturated rings. The molecule has 2 aromatic rings. The molecule has 156 valence electrons. The van der Waals surface area contributed by atoms with Crippen molar-refractivity contribution in [2.75, 3.05) is 6.61 Å². The zero-order valence-corrected chi connectivity index (χ0v) is 17.8. The highest BCUT2D eigenvalue weighted by molar-refractivity contribution is 5.85. The van der Waals surface area contributed by atoms with Gasteiger partial charge in [0, 0.05) is 5.39 Å². The summed E-state index contributed by atoms with van der Waals surface area (Å²) in [5.41, 5.74) is 1.39. The Labute approximate surface area is 175 Å². The first-order valence-corrected chi connectivity index (χ1v) is 11.7. The summed E-state index contributed by atoms with van der Waals surface area (Å²) in [5.74, 6) is 3.51. The third-order valence-electron chi connectivity index (χ3n) is 7.46. The minimum absolute atomic E-state index is 0.259. The molecule has 0 heterocycles. The summed E-state index contributed by atoms with van der Waals surface area (Å²) >= 11 is 0. The van der Waals surface area contributed by atoms with Crippen molar-refractivity contribution in [1.82, 2.24) is 0 Å². The van der Waals surface area contributed by atoms with Crippen molar-refractivity contribution in [3.63, 3.8) is 0 Å². The molecule has 4 atom stereocenters. The third kappa shape index (κ3) is 4.52. The van der Waals surface area contributed by atoms with Crippen LogP contribution in [0.5, 0.6) is 5.75 Å². The Morgan fingerprint density at radius 2 is 1.90 bits per heavy atom. The van der Waals surface area contributed by atoms with Crippen LogP contribution in [0.1, 0.15) is 76.2 Å². The second kappa shape index (κ2) is 9.32. The second-order valence-corrected chi connectivity index (χ2v) is 9.31. The molecule has 0 saturated heterocycles. The fourth-order valence-corrected chi connectivity index (χ4v) is 5.85. The maximum Gasteiger partial charge on any atom is 0.172 e. The van der Waals surface area contributed by atoms with Crippen LogP contribution in [-0.4, -0.2) is 6.61 Å². The first-order valence-electron chi connectivity index (χ1n) is 11.7. The van der Waals surface area contributed by atoms with Crippen molar-refractivity contribution in [3.8, 4) is 5.75 Å². The summed E-state index contributed by atoms with van der Waals surface area (Å²) in [6.07, 6.45) is 14.1. The lowest BCUT2D eigenvalue weighted by molar-refractivity contribution is 0.113. The van der Waals surface area contributed by atoms with E-state index in [9.17, 15) is 4.39 Å². The molecular weight excluding hydrogens is 359 g/mol. The number of hydrogen-bond donors (Lipinski definition) is 0. The van der Waals surface area contributed by atoms with Crippen molar-refractivity contribution in [1.29, 1.82) is 0 Å². The van der Waals surface area contributed by atoms with Gasteiger partial charge in [-0.15, -0.1) is 0 Å². The molecule has 0 bridgehead atoms.